The van der Waals surface area contributed by atoms with E-state index < -0.39 is 9.84 Å². The van der Waals surface area contributed by atoms with E-state index in [1.807, 2.05) is 0 Å². The second kappa shape index (κ2) is 6.22. The van der Waals surface area contributed by atoms with Crippen LogP contribution >= 0.6 is 15.9 Å². The molecule has 1 aliphatic heterocycles. The molecule has 0 aliphatic carbocycles. The van der Waals surface area contributed by atoms with E-state index in [2.05, 4.69) is 25.8 Å². The molecule has 6 heteroatoms. The van der Waals surface area contributed by atoms with Gasteiger partial charge in [-0.3, -0.25) is 0 Å². The monoisotopic (exact) mass is 346 g/mol. The molecule has 1 aromatic heterocycles. The maximum absolute atomic E-state index is 11.9. The fourth-order valence-electron chi connectivity index (χ4n) is 2.61. The molecule has 4 nitrogen and oxygen atoms in total. The number of nitrogens with zero attached hydrogens (tertiary/aromatic N) is 2. The number of pyridine rings is 1. The SMILES string of the molecule is CS(=O)(=O)c1cccnc1N1CCCC1CCCBr. The third-order valence-electron chi connectivity index (χ3n) is 3.47. The number of alkyl halides is 1. The normalized spacial score (nSPS) is 19.9. The number of sulfone groups is 1. The zero-order valence-electron chi connectivity index (χ0n) is 11.0. The van der Waals surface area contributed by atoms with Gasteiger partial charge in [-0.25, -0.2) is 13.4 Å². The standard InChI is InChI=1S/C13H19BrN2O2S/c1-19(17,18)12-7-3-9-15-13(12)16-10-4-6-11(16)5-2-8-14/h3,7,9,11H,2,4-6,8,10H2,1H3. The van der Waals surface area contributed by atoms with Crippen LogP contribution in [0.1, 0.15) is 25.7 Å². The molecule has 0 aromatic carbocycles. The van der Waals surface area contributed by atoms with Gasteiger partial charge in [0.1, 0.15) is 10.7 Å². The number of aromatic nitrogens is 1. The van der Waals surface area contributed by atoms with Gasteiger partial charge in [-0.05, 0) is 37.8 Å². The zero-order chi connectivity index (χ0) is 13.9. The summed E-state index contributed by atoms with van der Waals surface area (Å²) < 4.78 is 23.7. The quantitative estimate of drug-likeness (QED) is 0.769. The summed E-state index contributed by atoms with van der Waals surface area (Å²) in [7, 11) is -3.23. The summed E-state index contributed by atoms with van der Waals surface area (Å²) >= 11 is 3.45. The molecule has 2 rings (SSSR count). The predicted molar refractivity (Wildman–Crippen MR) is 80.7 cm³/mol. The van der Waals surface area contributed by atoms with Crippen LogP contribution in [0.5, 0.6) is 0 Å². The minimum atomic E-state index is -3.23. The number of hydrogen-bond acceptors (Lipinski definition) is 4. The lowest BCUT2D eigenvalue weighted by Crippen LogP contribution is -2.31. The van der Waals surface area contributed by atoms with Crippen molar-refractivity contribution in [3.63, 3.8) is 0 Å². The van der Waals surface area contributed by atoms with Gasteiger partial charge in [-0.1, -0.05) is 15.9 Å². The molecule has 2 heterocycles. The highest BCUT2D eigenvalue weighted by molar-refractivity contribution is 9.09. The summed E-state index contributed by atoms with van der Waals surface area (Å²) in [4.78, 5) is 6.83. The Labute approximate surface area is 123 Å². The molecule has 1 saturated heterocycles. The Morgan fingerprint density at radius 2 is 2.32 bits per heavy atom. The maximum atomic E-state index is 11.9. The van der Waals surface area contributed by atoms with Crippen LogP contribution in [0, 0.1) is 0 Å². The van der Waals surface area contributed by atoms with Crippen molar-refractivity contribution in [3.8, 4) is 0 Å². The Bertz CT molecular complexity index is 533. The van der Waals surface area contributed by atoms with Crippen molar-refractivity contribution >= 4 is 31.6 Å². The minimum Gasteiger partial charge on any atom is -0.353 e. The Balaban J connectivity index is 2.31. The average Bonchev–Trinajstić information content (AvgIpc) is 2.83. The van der Waals surface area contributed by atoms with E-state index >= 15 is 0 Å². The fraction of sp³-hybridized carbons (Fsp3) is 0.615. The number of rotatable bonds is 5. The molecular formula is C13H19BrN2O2S. The smallest absolute Gasteiger partial charge is 0.179 e. The molecule has 19 heavy (non-hydrogen) atoms. The Kier molecular flexibility index (Phi) is 4.84. The van der Waals surface area contributed by atoms with Gasteiger partial charge in [0.25, 0.3) is 0 Å². The van der Waals surface area contributed by atoms with E-state index in [1.165, 1.54) is 6.26 Å². The van der Waals surface area contributed by atoms with Crippen LogP contribution in [-0.2, 0) is 9.84 Å². The maximum Gasteiger partial charge on any atom is 0.179 e. The first-order valence-electron chi connectivity index (χ1n) is 6.51. The molecule has 0 spiro atoms. The average molecular weight is 347 g/mol. The van der Waals surface area contributed by atoms with Gasteiger partial charge in [0.05, 0.1) is 0 Å². The van der Waals surface area contributed by atoms with Crippen molar-refractivity contribution in [1.29, 1.82) is 0 Å². The van der Waals surface area contributed by atoms with E-state index in [0.29, 0.717) is 16.8 Å². The molecule has 0 radical (unpaired) electrons. The van der Waals surface area contributed by atoms with Crippen LogP contribution < -0.4 is 4.90 Å². The molecule has 0 bridgehead atoms. The van der Waals surface area contributed by atoms with Crippen LogP contribution in [0.15, 0.2) is 23.2 Å². The highest BCUT2D eigenvalue weighted by Crippen LogP contribution is 2.31. The lowest BCUT2D eigenvalue weighted by Gasteiger charge is -2.27. The summed E-state index contributed by atoms with van der Waals surface area (Å²) in [5.74, 6) is 0.627. The zero-order valence-corrected chi connectivity index (χ0v) is 13.5. The van der Waals surface area contributed by atoms with Gasteiger partial charge in [0.2, 0.25) is 0 Å². The number of anilines is 1. The Morgan fingerprint density at radius 3 is 3.00 bits per heavy atom. The van der Waals surface area contributed by atoms with Gasteiger partial charge in [-0.15, -0.1) is 0 Å². The summed E-state index contributed by atoms with van der Waals surface area (Å²) in [5.41, 5.74) is 0. The molecular weight excluding hydrogens is 328 g/mol. The predicted octanol–water partition coefficient (Wildman–Crippen LogP) is 2.63. The third kappa shape index (κ3) is 3.48. The summed E-state index contributed by atoms with van der Waals surface area (Å²) in [6.45, 7) is 0.895. The molecule has 1 aliphatic rings. The molecule has 0 amide bonds. The van der Waals surface area contributed by atoms with Crippen molar-refractivity contribution in [2.24, 2.45) is 0 Å². The van der Waals surface area contributed by atoms with Crippen molar-refractivity contribution in [2.75, 3.05) is 23.0 Å². The highest BCUT2D eigenvalue weighted by Gasteiger charge is 2.28. The third-order valence-corrected chi connectivity index (χ3v) is 5.15. The molecule has 1 aromatic rings. The first-order chi connectivity index (χ1) is 9.04. The van der Waals surface area contributed by atoms with Crippen molar-refractivity contribution in [3.05, 3.63) is 18.3 Å². The second-order valence-corrected chi connectivity index (χ2v) is 7.70. The van der Waals surface area contributed by atoms with Gasteiger partial charge in [0, 0.05) is 30.4 Å². The van der Waals surface area contributed by atoms with Crippen LogP contribution in [0.4, 0.5) is 5.82 Å². The lowest BCUT2D eigenvalue weighted by molar-refractivity contribution is 0.589. The lowest BCUT2D eigenvalue weighted by atomic mass is 10.1. The van der Waals surface area contributed by atoms with Crippen LogP contribution in [0.25, 0.3) is 0 Å². The van der Waals surface area contributed by atoms with E-state index in [1.54, 1.807) is 18.3 Å². The van der Waals surface area contributed by atoms with Gasteiger partial charge in [0.15, 0.2) is 9.84 Å². The molecule has 1 unspecified atom stereocenters. The van der Waals surface area contributed by atoms with E-state index in [9.17, 15) is 8.42 Å². The molecule has 0 saturated carbocycles. The fourth-order valence-corrected chi connectivity index (χ4v) is 3.77. The van der Waals surface area contributed by atoms with E-state index in [-0.39, 0.29) is 0 Å². The summed E-state index contributed by atoms with van der Waals surface area (Å²) in [6.07, 6.45) is 7.31. The van der Waals surface area contributed by atoms with Crippen molar-refractivity contribution in [2.45, 2.75) is 36.6 Å². The van der Waals surface area contributed by atoms with Gasteiger partial charge < -0.3 is 4.90 Å². The highest BCUT2D eigenvalue weighted by atomic mass is 79.9. The Hall–Kier alpha value is -0.620. The number of halogens is 1. The van der Waals surface area contributed by atoms with Crippen LogP contribution in [0.3, 0.4) is 0 Å². The first-order valence-corrected chi connectivity index (χ1v) is 9.53. The molecule has 1 atom stereocenters. The molecule has 0 N–H and O–H groups in total. The van der Waals surface area contributed by atoms with Gasteiger partial charge >= 0.3 is 0 Å². The van der Waals surface area contributed by atoms with Crippen molar-refractivity contribution < 1.29 is 8.42 Å². The van der Waals surface area contributed by atoms with E-state index in [4.69, 9.17) is 0 Å². The Morgan fingerprint density at radius 1 is 1.53 bits per heavy atom. The second-order valence-electron chi connectivity index (χ2n) is 4.92. The van der Waals surface area contributed by atoms with Crippen LogP contribution in [-0.4, -0.2) is 37.6 Å². The van der Waals surface area contributed by atoms with E-state index in [0.717, 1.165) is 37.6 Å². The summed E-state index contributed by atoms with van der Waals surface area (Å²) in [6, 6.07) is 3.74. The molecule has 106 valence electrons. The van der Waals surface area contributed by atoms with Crippen LogP contribution in [0.2, 0.25) is 0 Å². The topological polar surface area (TPSA) is 50.3 Å². The summed E-state index contributed by atoms with van der Waals surface area (Å²) in [5, 5.41) is 0.985. The molecule has 1 fully saturated rings. The van der Waals surface area contributed by atoms with Crippen molar-refractivity contribution in [1.82, 2.24) is 4.98 Å². The first kappa shape index (κ1) is 14.8. The minimum absolute atomic E-state index is 0.348. The van der Waals surface area contributed by atoms with Gasteiger partial charge in [-0.2, -0.15) is 0 Å². The largest absolute Gasteiger partial charge is 0.353 e. The number of hydrogen-bond donors (Lipinski definition) is 0.